The maximum absolute atomic E-state index is 12.5. The van der Waals surface area contributed by atoms with Crippen molar-refractivity contribution >= 4 is 15.7 Å². The molecule has 6 nitrogen and oxygen atoms in total. The maximum Gasteiger partial charge on any atom is 0.183 e. The number of fused-ring (bicyclic) bond motifs is 3. The predicted molar refractivity (Wildman–Crippen MR) is 79.7 cm³/mol. The van der Waals surface area contributed by atoms with Gasteiger partial charge in [-0.15, -0.1) is 0 Å². The lowest BCUT2D eigenvalue weighted by atomic mass is 10.1. The minimum Gasteiger partial charge on any atom is -0.353 e. The Morgan fingerprint density at radius 2 is 2.14 bits per heavy atom. The fraction of sp³-hybridized carbons (Fsp3) is 0.357. The normalized spacial score (nSPS) is 22.9. The van der Waals surface area contributed by atoms with Gasteiger partial charge in [0.05, 0.1) is 16.3 Å². The van der Waals surface area contributed by atoms with E-state index in [0.29, 0.717) is 10.5 Å². The molecule has 1 aromatic heterocycles. The molecule has 1 unspecified atom stereocenters. The van der Waals surface area contributed by atoms with Crippen LogP contribution in [0, 0.1) is 0 Å². The van der Waals surface area contributed by atoms with Gasteiger partial charge in [-0.2, -0.15) is 5.10 Å². The molecule has 2 aliphatic rings. The summed E-state index contributed by atoms with van der Waals surface area (Å²) in [6.07, 6.45) is 0.908. The Labute approximate surface area is 122 Å². The zero-order chi connectivity index (χ0) is 14.6. The summed E-state index contributed by atoms with van der Waals surface area (Å²) in [6.45, 7) is 1.54. The first-order valence-corrected chi connectivity index (χ1v) is 8.61. The van der Waals surface area contributed by atoms with Gasteiger partial charge in [0.1, 0.15) is 0 Å². The number of nitrogens with two attached hydrogens (primary N) is 1. The highest BCUT2D eigenvalue weighted by Gasteiger charge is 2.34. The van der Waals surface area contributed by atoms with E-state index in [1.165, 1.54) is 0 Å². The number of sulfone groups is 1. The van der Waals surface area contributed by atoms with Crippen molar-refractivity contribution in [1.82, 2.24) is 10.2 Å². The molecule has 1 aromatic carbocycles. The molecule has 0 bridgehead atoms. The number of hydrogen-bond acceptors (Lipinski definition) is 5. The standard InChI is InChI=1S/C14H16N4O2S/c15-9-5-6-18(7-9)14-11-8-21(19,20)12-4-2-1-3-10(12)13(11)16-17-14/h1-4,9H,5-8,15H2,(H,16,17). The van der Waals surface area contributed by atoms with Crippen LogP contribution in [0.2, 0.25) is 0 Å². The van der Waals surface area contributed by atoms with Crippen molar-refractivity contribution in [2.45, 2.75) is 23.1 Å². The average Bonchev–Trinajstić information content (AvgIpc) is 3.04. The van der Waals surface area contributed by atoms with Crippen molar-refractivity contribution < 1.29 is 8.42 Å². The zero-order valence-electron chi connectivity index (χ0n) is 11.4. The molecule has 3 N–H and O–H groups in total. The van der Waals surface area contributed by atoms with Crippen molar-refractivity contribution in [3.05, 3.63) is 29.8 Å². The van der Waals surface area contributed by atoms with Crippen LogP contribution in [0.4, 0.5) is 5.82 Å². The molecule has 0 saturated carbocycles. The van der Waals surface area contributed by atoms with E-state index in [1.54, 1.807) is 12.1 Å². The highest BCUT2D eigenvalue weighted by molar-refractivity contribution is 7.90. The van der Waals surface area contributed by atoms with Gasteiger partial charge in [-0.05, 0) is 12.5 Å². The molecule has 0 spiro atoms. The molecule has 0 aliphatic carbocycles. The summed E-state index contributed by atoms with van der Waals surface area (Å²) in [5, 5.41) is 7.37. The van der Waals surface area contributed by atoms with Gasteiger partial charge >= 0.3 is 0 Å². The Balaban J connectivity index is 1.88. The lowest BCUT2D eigenvalue weighted by molar-refractivity contribution is 0.594. The van der Waals surface area contributed by atoms with E-state index in [4.69, 9.17) is 5.73 Å². The predicted octanol–water partition coefficient (Wildman–Crippen LogP) is 0.901. The van der Waals surface area contributed by atoms with Gasteiger partial charge in [-0.3, -0.25) is 5.10 Å². The molecular weight excluding hydrogens is 288 g/mol. The first-order valence-electron chi connectivity index (χ1n) is 6.96. The number of H-pyrrole nitrogens is 1. The van der Waals surface area contributed by atoms with Crippen LogP contribution in [0.25, 0.3) is 11.3 Å². The molecule has 7 heteroatoms. The molecule has 1 fully saturated rings. The highest BCUT2D eigenvalue weighted by Crippen LogP contribution is 2.40. The minimum atomic E-state index is -3.31. The van der Waals surface area contributed by atoms with Gasteiger partial charge in [0.2, 0.25) is 0 Å². The molecule has 21 heavy (non-hydrogen) atoms. The van der Waals surface area contributed by atoms with Crippen LogP contribution in [0.15, 0.2) is 29.2 Å². The van der Waals surface area contributed by atoms with Crippen molar-refractivity contribution in [3.8, 4) is 11.3 Å². The minimum absolute atomic E-state index is 0.00306. The number of hydrogen-bond donors (Lipinski definition) is 2. The second kappa shape index (κ2) is 4.32. The van der Waals surface area contributed by atoms with Gasteiger partial charge in [-0.1, -0.05) is 18.2 Å². The molecule has 1 atom stereocenters. The summed E-state index contributed by atoms with van der Waals surface area (Å²) in [6, 6.07) is 7.20. The third-order valence-electron chi connectivity index (χ3n) is 4.20. The fourth-order valence-corrected chi connectivity index (χ4v) is 4.77. The number of anilines is 1. The van der Waals surface area contributed by atoms with Crippen LogP contribution in [0.1, 0.15) is 12.0 Å². The molecule has 3 heterocycles. The van der Waals surface area contributed by atoms with Crippen LogP contribution >= 0.6 is 0 Å². The number of nitrogens with one attached hydrogen (secondary N) is 1. The number of benzene rings is 1. The van der Waals surface area contributed by atoms with Crippen LogP contribution in [-0.4, -0.2) is 37.7 Å². The molecule has 0 radical (unpaired) electrons. The third kappa shape index (κ3) is 1.88. The zero-order valence-corrected chi connectivity index (χ0v) is 12.2. The third-order valence-corrected chi connectivity index (χ3v) is 5.89. The molecule has 2 aromatic rings. The largest absolute Gasteiger partial charge is 0.353 e. The van der Waals surface area contributed by atoms with Gasteiger partial charge in [0, 0.05) is 30.3 Å². The summed E-state index contributed by atoms with van der Waals surface area (Å²) < 4.78 is 25.0. The topological polar surface area (TPSA) is 92.1 Å². The van der Waals surface area contributed by atoms with Crippen molar-refractivity contribution in [3.63, 3.8) is 0 Å². The summed E-state index contributed by atoms with van der Waals surface area (Å²) in [5.41, 5.74) is 8.23. The first kappa shape index (κ1) is 12.8. The quantitative estimate of drug-likeness (QED) is 0.816. The number of nitrogens with zero attached hydrogens (tertiary/aromatic N) is 2. The van der Waals surface area contributed by atoms with Gasteiger partial charge in [-0.25, -0.2) is 8.42 Å². The lowest BCUT2D eigenvalue weighted by Crippen LogP contribution is -2.27. The second-order valence-electron chi connectivity index (χ2n) is 5.65. The Kier molecular flexibility index (Phi) is 2.64. The van der Waals surface area contributed by atoms with E-state index in [0.717, 1.165) is 36.6 Å². The number of aromatic amines is 1. The lowest BCUT2D eigenvalue weighted by Gasteiger charge is -2.20. The van der Waals surface area contributed by atoms with E-state index < -0.39 is 9.84 Å². The summed E-state index contributed by atoms with van der Waals surface area (Å²) in [5.74, 6) is 0.729. The van der Waals surface area contributed by atoms with E-state index >= 15 is 0 Å². The smallest absolute Gasteiger partial charge is 0.183 e. The molecule has 2 aliphatic heterocycles. The van der Waals surface area contributed by atoms with Crippen LogP contribution in [-0.2, 0) is 15.6 Å². The number of aromatic nitrogens is 2. The molecular formula is C14H16N4O2S. The number of rotatable bonds is 1. The second-order valence-corrected chi connectivity index (χ2v) is 7.61. The molecule has 0 amide bonds. The first-order chi connectivity index (χ1) is 10.1. The van der Waals surface area contributed by atoms with Gasteiger partial charge in [0.25, 0.3) is 0 Å². The molecule has 110 valence electrons. The van der Waals surface area contributed by atoms with E-state index in [2.05, 4.69) is 15.1 Å². The van der Waals surface area contributed by atoms with Crippen molar-refractivity contribution in [2.75, 3.05) is 18.0 Å². The Bertz CT molecular complexity index is 812. The summed E-state index contributed by atoms with van der Waals surface area (Å²) >= 11 is 0. The van der Waals surface area contributed by atoms with Gasteiger partial charge in [0.15, 0.2) is 15.7 Å². The van der Waals surface area contributed by atoms with Crippen molar-refractivity contribution in [1.29, 1.82) is 0 Å². The van der Waals surface area contributed by atoms with E-state index in [-0.39, 0.29) is 11.8 Å². The van der Waals surface area contributed by atoms with E-state index in [1.807, 2.05) is 12.1 Å². The van der Waals surface area contributed by atoms with E-state index in [9.17, 15) is 8.42 Å². The fourth-order valence-electron chi connectivity index (χ4n) is 3.17. The molecule has 4 rings (SSSR count). The monoisotopic (exact) mass is 304 g/mol. The Morgan fingerprint density at radius 1 is 1.33 bits per heavy atom. The molecule has 1 saturated heterocycles. The van der Waals surface area contributed by atoms with Crippen LogP contribution < -0.4 is 10.6 Å². The average molecular weight is 304 g/mol. The SMILES string of the molecule is NC1CCN(c2n[nH]c3c2CS(=O)(=O)c2ccccc2-3)C1. The van der Waals surface area contributed by atoms with Crippen molar-refractivity contribution in [2.24, 2.45) is 5.73 Å². The summed E-state index contributed by atoms with van der Waals surface area (Å²) in [7, 11) is -3.31. The highest BCUT2D eigenvalue weighted by atomic mass is 32.2. The maximum atomic E-state index is 12.5. The Hall–Kier alpha value is -1.86. The van der Waals surface area contributed by atoms with Gasteiger partial charge < -0.3 is 10.6 Å². The Morgan fingerprint density at radius 3 is 2.90 bits per heavy atom. The van der Waals surface area contributed by atoms with Crippen LogP contribution in [0.3, 0.4) is 0 Å². The summed E-state index contributed by atoms with van der Waals surface area (Å²) in [4.78, 5) is 2.45. The van der Waals surface area contributed by atoms with Crippen LogP contribution in [0.5, 0.6) is 0 Å².